The first-order chi connectivity index (χ1) is 9.06. The van der Waals surface area contributed by atoms with E-state index in [2.05, 4.69) is 0 Å². The minimum Gasteiger partial charge on any atom is -0.490 e. The third-order valence-electron chi connectivity index (χ3n) is 2.70. The van der Waals surface area contributed by atoms with Gasteiger partial charge in [0.25, 0.3) is 6.43 Å². The molecule has 1 rings (SSSR count). The van der Waals surface area contributed by atoms with Crippen LogP contribution < -0.4 is 15.2 Å². The predicted molar refractivity (Wildman–Crippen MR) is 71.1 cm³/mol. The second-order valence-corrected chi connectivity index (χ2v) is 4.29. The van der Waals surface area contributed by atoms with Crippen molar-refractivity contribution in [3.05, 3.63) is 23.8 Å². The number of ether oxygens (including phenoxy) is 2. The Balaban J connectivity index is 2.81. The molecule has 0 bridgehead atoms. The topological polar surface area (TPSA) is 44.5 Å². The molecule has 0 saturated carbocycles. The quantitative estimate of drug-likeness (QED) is 0.792. The number of hydrogen-bond acceptors (Lipinski definition) is 3. The molecule has 19 heavy (non-hydrogen) atoms. The standard InChI is InChI=1S/C14H21F2NO2/c1-3-11(17)7-10-5-6-12(19-9-14(15)16)13(8-10)18-4-2/h5-6,8,11,14H,3-4,7,9,17H2,1-2H3. The van der Waals surface area contributed by atoms with Gasteiger partial charge in [-0.2, -0.15) is 0 Å². The summed E-state index contributed by atoms with van der Waals surface area (Å²) < 4.78 is 34.8. The van der Waals surface area contributed by atoms with Gasteiger partial charge >= 0.3 is 0 Å². The van der Waals surface area contributed by atoms with Crippen molar-refractivity contribution in [2.45, 2.75) is 39.2 Å². The van der Waals surface area contributed by atoms with E-state index in [9.17, 15) is 8.78 Å². The molecule has 1 unspecified atom stereocenters. The largest absolute Gasteiger partial charge is 0.490 e. The smallest absolute Gasteiger partial charge is 0.272 e. The molecule has 0 amide bonds. The van der Waals surface area contributed by atoms with Crippen LogP contribution in [0.5, 0.6) is 11.5 Å². The average Bonchev–Trinajstić information content (AvgIpc) is 2.38. The van der Waals surface area contributed by atoms with Gasteiger partial charge in [0.1, 0.15) is 6.61 Å². The maximum atomic E-state index is 12.2. The lowest BCUT2D eigenvalue weighted by molar-refractivity contribution is 0.0801. The second kappa shape index (κ2) is 7.94. The van der Waals surface area contributed by atoms with Crippen LogP contribution in [-0.2, 0) is 6.42 Å². The SMILES string of the molecule is CCOc1cc(CC(N)CC)ccc1OCC(F)F. The third kappa shape index (κ3) is 5.42. The highest BCUT2D eigenvalue weighted by Crippen LogP contribution is 2.29. The highest BCUT2D eigenvalue weighted by molar-refractivity contribution is 5.43. The minimum absolute atomic E-state index is 0.0855. The average molecular weight is 273 g/mol. The van der Waals surface area contributed by atoms with E-state index in [4.69, 9.17) is 15.2 Å². The van der Waals surface area contributed by atoms with Gasteiger partial charge in [0.2, 0.25) is 0 Å². The number of benzene rings is 1. The van der Waals surface area contributed by atoms with Crippen molar-refractivity contribution in [1.82, 2.24) is 0 Å². The van der Waals surface area contributed by atoms with Crippen LogP contribution in [0.1, 0.15) is 25.8 Å². The lowest BCUT2D eigenvalue weighted by atomic mass is 10.0. The molecule has 1 atom stereocenters. The number of alkyl halides is 2. The molecular formula is C14H21F2NO2. The molecule has 3 nitrogen and oxygen atoms in total. The Kier molecular flexibility index (Phi) is 6.56. The van der Waals surface area contributed by atoms with Crippen molar-refractivity contribution in [2.75, 3.05) is 13.2 Å². The first-order valence-corrected chi connectivity index (χ1v) is 6.49. The van der Waals surface area contributed by atoms with Crippen molar-refractivity contribution in [1.29, 1.82) is 0 Å². The second-order valence-electron chi connectivity index (χ2n) is 4.29. The zero-order valence-electron chi connectivity index (χ0n) is 11.4. The van der Waals surface area contributed by atoms with Gasteiger partial charge in [-0.3, -0.25) is 0 Å². The van der Waals surface area contributed by atoms with Crippen molar-refractivity contribution in [3.8, 4) is 11.5 Å². The molecule has 0 saturated heterocycles. The normalized spacial score (nSPS) is 12.5. The van der Waals surface area contributed by atoms with E-state index in [1.165, 1.54) is 0 Å². The van der Waals surface area contributed by atoms with E-state index >= 15 is 0 Å². The van der Waals surface area contributed by atoms with Gasteiger partial charge in [-0.1, -0.05) is 13.0 Å². The molecule has 0 aliphatic carbocycles. The van der Waals surface area contributed by atoms with Crippen LogP contribution in [0.2, 0.25) is 0 Å². The van der Waals surface area contributed by atoms with Gasteiger partial charge in [-0.15, -0.1) is 0 Å². The third-order valence-corrected chi connectivity index (χ3v) is 2.70. The summed E-state index contributed by atoms with van der Waals surface area (Å²) in [5, 5.41) is 0. The van der Waals surface area contributed by atoms with Crippen molar-refractivity contribution < 1.29 is 18.3 Å². The van der Waals surface area contributed by atoms with Gasteiger partial charge in [0, 0.05) is 6.04 Å². The molecule has 0 aliphatic rings. The first-order valence-electron chi connectivity index (χ1n) is 6.49. The molecule has 0 radical (unpaired) electrons. The maximum absolute atomic E-state index is 12.2. The summed E-state index contributed by atoms with van der Waals surface area (Å²) in [5.41, 5.74) is 6.91. The van der Waals surface area contributed by atoms with Gasteiger partial charge in [-0.25, -0.2) is 8.78 Å². The van der Waals surface area contributed by atoms with Crippen molar-refractivity contribution >= 4 is 0 Å². The fraction of sp³-hybridized carbons (Fsp3) is 0.571. The van der Waals surface area contributed by atoms with E-state index in [1.54, 1.807) is 12.1 Å². The van der Waals surface area contributed by atoms with E-state index in [1.807, 2.05) is 19.9 Å². The lowest BCUT2D eigenvalue weighted by Crippen LogP contribution is -2.21. The van der Waals surface area contributed by atoms with E-state index in [0.717, 1.165) is 18.4 Å². The zero-order chi connectivity index (χ0) is 14.3. The van der Waals surface area contributed by atoms with Crippen molar-refractivity contribution in [2.24, 2.45) is 5.73 Å². The van der Waals surface area contributed by atoms with Crippen LogP contribution in [0.3, 0.4) is 0 Å². The van der Waals surface area contributed by atoms with Crippen LogP contribution in [0.25, 0.3) is 0 Å². The molecule has 1 aromatic rings. The number of halogens is 2. The Bertz CT molecular complexity index is 386. The summed E-state index contributed by atoms with van der Waals surface area (Å²) in [6, 6.07) is 5.38. The van der Waals surface area contributed by atoms with Gasteiger partial charge < -0.3 is 15.2 Å². The summed E-state index contributed by atoms with van der Waals surface area (Å²) in [5.74, 6) is 0.833. The Morgan fingerprint density at radius 1 is 1.16 bits per heavy atom. The monoisotopic (exact) mass is 273 g/mol. The Morgan fingerprint density at radius 2 is 1.89 bits per heavy atom. The molecule has 5 heteroatoms. The van der Waals surface area contributed by atoms with Gasteiger partial charge in [-0.05, 0) is 37.5 Å². The molecule has 1 aromatic carbocycles. The first kappa shape index (κ1) is 15.7. The molecule has 0 aliphatic heterocycles. The van der Waals surface area contributed by atoms with Crippen LogP contribution in [0, 0.1) is 0 Å². The Hall–Kier alpha value is -1.36. The molecule has 0 aromatic heterocycles. The van der Waals surface area contributed by atoms with E-state index in [-0.39, 0.29) is 6.04 Å². The predicted octanol–water partition coefficient (Wildman–Crippen LogP) is 3.01. The van der Waals surface area contributed by atoms with Crippen molar-refractivity contribution in [3.63, 3.8) is 0 Å². The molecule has 0 spiro atoms. The fourth-order valence-electron chi connectivity index (χ4n) is 1.67. The minimum atomic E-state index is -2.50. The highest BCUT2D eigenvalue weighted by Gasteiger charge is 2.11. The van der Waals surface area contributed by atoms with Crippen LogP contribution in [-0.4, -0.2) is 25.7 Å². The summed E-state index contributed by atoms with van der Waals surface area (Å²) in [7, 11) is 0. The number of nitrogens with two attached hydrogens (primary N) is 1. The molecule has 2 N–H and O–H groups in total. The molecular weight excluding hydrogens is 252 g/mol. The van der Waals surface area contributed by atoms with E-state index < -0.39 is 13.0 Å². The lowest BCUT2D eigenvalue weighted by Gasteiger charge is -2.14. The summed E-state index contributed by atoms with van der Waals surface area (Å²) in [6.45, 7) is 3.68. The number of hydrogen-bond donors (Lipinski definition) is 1. The summed E-state index contributed by atoms with van der Waals surface area (Å²) >= 11 is 0. The van der Waals surface area contributed by atoms with Crippen LogP contribution in [0.4, 0.5) is 8.78 Å². The molecule has 108 valence electrons. The summed E-state index contributed by atoms with van der Waals surface area (Å²) in [4.78, 5) is 0. The van der Waals surface area contributed by atoms with E-state index in [0.29, 0.717) is 18.1 Å². The highest BCUT2D eigenvalue weighted by atomic mass is 19.3. The fourth-order valence-corrected chi connectivity index (χ4v) is 1.67. The Morgan fingerprint density at radius 3 is 2.47 bits per heavy atom. The van der Waals surface area contributed by atoms with Crippen LogP contribution >= 0.6 is 0 Å². The van der Waals surface area contributed by atoms with Crippen LogP contribution in [0.15, 0.2) is 18.2 Å². The number of rotatable bonds is 8. The molecule has 0 fully saturated rings. The van der Waals surface area contributed by atoms with Gasteiger partial charge in [0.15, 0.2) is 11.5 Å². The zero-order valence-corrected chi connectivity index (χ0v) is 11.4. The molecule has 0 heterocycles. The maximum Gasteiger partial charge on any atom is 0.272 e. The Labute approximate surface area is 112 Å². The van der Waals surface area contributed by atoms with Gasteiger partial charge in [0.05, 0.1) is 6.61 Å². The summed E-state index contributed by atoms with van der Waals surface area (Å²) in [6.07, 6.45) is -0.887.